The number of fused-ring (bicyclic) bond motifs is 1. The molecule has 4 rings (SSSR count). The molecule has 1 aromatic heterocycles. The number of nitrogens with zero attached hydrogens (tertiary/aromatic N) is 3. The van der Waals surface area contributed by atoms with Crippen LogP contribution >= 0.6 is 0 Å². The number of imidazole rings is 1. The first kappa shape index (κ1) is 20.2. The van der Waals surface area contributed by atoms with Gasteiger partial charge in [0.1, 0.15) is 0 Å². The van der Waals surface area contributed by atoms with E-state index in [1.807, 2.05) is 21.1 Å². The van der Waals surface area contributed by atoms with Crippen molar-refractivity contribution in [1.82, 2.24) is 24.7 Å². The van der Waals surface area contributed by atoms with E-state index in [4.69, 9.17) is 0 Å². The average Bonchev–Trinajstić information content (AvgIpc) is 3.01. The summed E-state index contributed by atoms with van der Waals surface area (Å²) in [4.78, 5) is 26.8. The predicted molar refractivity (Wildman–Crippen MR) is 115 cm³/mol. The molecule has 7 heteroatoms. The topological polar surface area (TPSA) is 71.3 Å². The van der Waals surface area contributed by atoms with E-state index < -0.39 is 0 Å². The highest BCUT2D eigenvalue weighted by Gasteiger charge is 2.22. The molecule has 2 saturated heterocycles. The Kier molecular flexibility index (Phi) is 6.35. The van der Waals surface area contributed by atoms with Gasteiger partial charge in [0.2, 0.25) is 5.91 Å². The lowest BCUT2D eigenvalue weighted by molar-refractivity contribution is -0.131. The Balaban J connectivity index is 1.41. The lowest BCUT2D eigenvalue weighted by Gasteiger charge is -2.27. The maximum atomic E-state index is 13.0. The molecule has 0 bridgehead atoms. The minimum atomic E-state index is 0.0957. The summed E-state index contributed by atoms with van der Waals surface area (Å²) in [5, 5.41) is 6.54. The van der Waals surface area contributed by atoms with Crippen LogP contribution in [0.3, 0.4) is 0 Å². The number of para-hydroxylation sites is 1. The third-order valence-electron chi connectivity index (χ3n) is 6.38. The molecule has 1 aromatic carbocycles. The van der Waals surface area contributed by atoms with Crippen LogP contribution in [-0.4, -0.2) is 59.2 Å². The molecule has 1 atom stereocenters. The summed E-state index contributed by atoms with van der Waals surface area (Å²) in [6.07, 6.45) is 6.34. The Labute approximate surface area is 172 Å². The van der Waals surface area contributed by atoms with Crippen molar-refractivity contribution in [3.63, 3.8) is 0 Å². The van der Waals surface area contributed by atoms with Crippen molar-refractivity contribution in [1.29, 1.82) is 0 Å². The third kappa shape index (κ3) is 4.26. The van der Waals surface area contributed by atoms with Gasteiger partial charge in [0, 0.05) is 33.2 Å². The lowest BCUT2D eigenvalue weighted by Crippen LogP contribution is -2.48. The lowest BCUT2D eigenvalue weighted by atomic mass is 10.0. The molecule has 29 heavy (non-hydrogen) atoms. The number of hydrogen-bond donors (Lipinski definition) is 2. The number of carbonyl (C=O) groups excluding carboxylic acids is 1. The number of nitrogens with one attached hydrogen (secondary N) is 2. The number of piperazine rings is 1. The van der Waals surface area contributed by atoms with E-state index in [2.05, 4.69) is 28.8 Å². The number of carbonyl (C=O) groups is 1. The number of piperidine rings is 1. The Hall–Kier alpha value is -2.12. The van der Waals surface area contributed by atoms with Gasteiger partial charge in [-0.2, -0.15) is 0 Å². The van der Waals surface area contributed by atoms with Crippen LogP contribution in [0.5, 0.6) is 0 Å². The standard InChI is InChI=1S/C22H33N5O2/c1-25-21-17(7-3-2-4-13-26-14-12-24-16-20(26)28)8-5-10-19(21)27(22(25)29)18-9-6-11-23-15-18/h5,8,10,18,23-24H,2-4,6-7,9,11-16H2,1H3. The molecule has 0 radical (unpaired) electrons. The van der Waals surface area contributed by atoms with Crippen LogP contribution in [-0.2, 0) is 18.3 Å². The molecule has 2 fully saturated rings. The van der Waals surface area contributed by atoms with Crippen LogP contribution in [0, 0.1) is 0 Å². The molecule has 3 heterocycles. The van der Waals surface area contributed by atoms with Gasteiger partial charge in [-0.15, -0.1) is 0 Å². The van der Waals surface area contributed by atoms with Gasteiger partial charge in [-0.1, -0.05) is 18.6 Å². The van der Waals surface area contributed by atoms with Crippen molar-refractivity contribution in [2.24, 2.45) is 7.05 Å². The molecule has 2 aliphatic heterocycles. The van der Waals surface area contributed by atoms with Crippen LogP contribution in [0.1, 0.15) is 43.7 Å². The summed E-state index contributed by atoms with van der Waals surface area (Å²) in [5.74, 6) is 0.217. The molecule has 2 N–H and O–H groups in total. The monoisotopic (exact) mass is 399 g/mol. The summed E-state index contributed by atoms with van der Waals surface area (Å²) < 4.78 is 3.83. The molecule has 1 amide bonds. The van der Waals surface area contributed by atoms with E-state index in [1.165, 1.54) is 5.56 Å². The van der Waals surface area contributed by atoms with Gasteiger partial charge in [0.15, 0.2) is 0 Å². The minimum Gasteiger partial charge on any atom is -0.340 e. The van der Waals surface area contributed by atoms with Gasteiger partial charge in [-0.05, 0) is 50.3 Å². The fourth-order valence-electron chi connectivity index (χ4n) is 4.81. The van der Waals surface area contributed by atoms with Crippen molar-refractivity contribution in [3.8, 4) is 0 Å². The highest BCUT2D eigenvalue weighted by atomic mass is 16.2. The first-order valence-corrected chi connectivity index (χ1v) is 11.0. The van der Waals surface area contributed by atoms with E-state index >= 15 is 0 Å². The van der Waals surface area contributed by atoms with Crippen molar-refractivity contribution >= 4 is 16.9 Å². The number of rotatable bonds is 7. The van der Waals surface area contributed by atoms with Crippen molar-refractivity contribution in [2.75, 3.05) is 39.3 Å². The zero-order valence-electron chi connectivity index (χ0n) is 17.5. The van der Waals surface area contributed by atoms with Gasteiger partial charge >= 0.3 is 5.69 Å². The van der Waals surface area contributed by atoms with Gasteiger partial charge in [0.25, 0.3) is 0 Å². The molecule has 0 saturated carbocycles. The fourth-order valence-corrected chi connectivity index (χ4v) is 4.81. The SMILES string of the molecule is Cn1c(=O)n(C2CCCNC2)c2cccc(CCCCCN3CCNCC3=O)c21. The number of unbranched alkanes of at least 4 members (excludes halogenated alkanes) is 2. The first-order valence-electron chi connectivity index (χ1n) is 11.0. The summed E-state index contributed by atoms with van der Waals surface area (Å²) in [7, 11) is 1.90. The van der Waals surface area contributed by atoms with Crippen LogP contribution in [0.15, 0.2) is 23.0 Å². The average molecular weight is 400 g/mol. The molecule has 0 spiro atoms. The Morgan fingerprint density at radius 1 is 1.10 bits per heavy atom. The maximum Gasteiger partial charge on any atom is 0.329 e. The second kappa shape index (κ2) is 9.13. The highest BCUT2D eigenvalue weighted by Crippen LogP contribution is 2.25. The molecular weight excluding hydrogens is 366 g/mol. The Morgan fingerprint density at radius 2 is 2.00 bits per heavy atom. The Morgan fingerprint density at radius 3 is 2.79 bits per heavy atom. The molecule has 0 aliphatic carbocycles. The van der Waals surface area contributed by atoms with Crippen LogP contribution in [0.4, 0.5) is 0 Å². The maximum absolute atomic E-state index is 13.0. The van der Waals surface area contributed by atoms with Gasteiger partial charge in [-0.3, -0.25) is 13.9 Å². The molecule has 1 unspecified atom stereocenters. The van der Waals surface area contributed by atoms with Crippen LogP contribution in [0.25, 0.3) is 11.0 Å². The zero-order valence-corrected chi connectivity index (χ0v) is 17.5. The number of benzene rings is 1. The second-order valence-electron chi connectivity index (χ2n) is 8.36. The number of amides is 1. The molecule has 7 nitrogen and oxygen atoms in total. The van der Waals surface area contributed by atoms with E-state index in [1.54, 1.807) is 0 Å². The van der Waals surface area contributed by atoms with Crippen molar-refractivity contribution < 1.29 is 4.79 Å². The van der Waals surface area contributed by atoms with E-state index in [0.29, 0.717) is 6.54 Å². The first-order chi connectivity index (χ1) is 14.2. The fraction of sp³-hybridized carbons (Fsp3) is 0.636. The quantitative estimate of drug-likeness (QED) is 0.691. The predicted octanol–water partition coefficient (Wildman–Crippen LogP) is 1.41. The molecular formula is C22H33N5O2. The van der Waals surface area contributed by atoms with E-state index in [9.17, 15) is 9.59 Å². The van der Waals surface area contributed by atoms with E-state index in [0.717, 1.165) is 82.3 Å². The smallest absolute Gasteiger partial charge is 0.329 e. The van der Waals surface area contributed by atoms with Crippen LogP contribution < -0.4 is 16.3 Å². The summed E-state index contributed by atoms with van der Waals surface area (Å²) >= 11 is 0. The number of aryl methyl sites for hydroxylation is 2. The summed E-state index contributed by atoms with van der Waals surface area (Å²) in [6, 6.07) is 6.57. The molecule has 2 aliphatic rings. The number of hydrogen-bond acceptors (Lipinski definition) is 4. The number of aromatic nitrogens is 2. The molecule has 158 valence electrons. The summed E-state index contributed by atoms with van der Waals surface area (Å²) in [5.41, 5.74) is 3.50. The third-order valence-corrected chi connectivity index (χ3v) is 6.38. The summed E-state index contributed by atoms with van der Waals surface area (Å²) in [6.45, 7) is 4.96. The largest absolute Gasteiger partial charge is 0.340 e. The second-order valence-corrected chi connectivity index (χ2v) is 8.36. The minimum absolute atomic E-state index is 0.0957. The van der Waals surface area contributed by atoms with Crippen LogP contribution in [0.2, 0.25) is 0 Å². The van der Waals surface area contributed by atoms with Crippen molar-refractivity contribution in [3.05, 3.63) is 34.2 Å². The van der Waals surface area contributed by atoms with E-state index in [-0.39, 0.29) is 17.6 Å². The zero-order chi connectivity index (χ0) is 20.2. The molecule has 2 aromatic rings. The van der Waals surface area contributed by atoms with Gasteiger partial charge < -0.3 is 15.5 Å². The highest BCUT2D eigenvalue weighted by molar-refractivity contribution is 5.80. The Bertz CT molecular complexity index is 910. The van der Waals surface area contributed by atoms with Gasteiger partial charge in [0.05, 0.1) is 23.6 Å². The van der Waals surface area contributed by atoms with Crippen molar-refractivity contribution in [2.45, 2.75) is 44.6 Å². The van der Waals surface area contributed by atoms with Gasteiger partial charge in [-0.25, -0.2) is 4.79 Å². The normalized spacial score (nSPS) is 20.5.